The number of nitrogens with one attached hydrogen (secondary N) is 1. The predicted molar refractivity (Wildman–Crippen MR) is 119 cm³/mol. The Balaban J connectivity index is 1.53. The van der Waals surface area contributed by atoms with Gasteiger partial charge in [-0.1, -0.05) is 66.7 Å². The van der Waals surface area contributed by atoms with Crippen LogP contribution in [0.15, 0.2) is 97.2 Å². The first-order valence-corrected chi connectivity index (χ1v) is 9.27. The molecule has 1 aromatic heterocycles. The van der Waals surface area contributed by atoms with Gasteiger partial charge in [-0.25, -0.2) is 4.98 Å². The van der Waals surface area contributed by atoms with Crippen molar-refractivity contribution in [3.8, 4) is 11.1 Å². The Hall–Kier alpha value is -3.85. The zero-order valence-corrected chi connectivity index (χ0v) is 15.3. The number of anilines is 3. The molecule has 5 rings (SSSR count). The van der Waals surface area contributed by atoms with E-state index in [2.05, 4.69) is 71.0 Å². The molecule has 0 radical (unpaired) electrons. The van der Waals surface area contributed by atoms with Crippen LogP contribution in [0.1, 0.15) is 0 Å². The highest BCUT2D eigenvalue weighted by Crippen LogP contribution is 2.33. The number of benzene rings is 4. The quantitative estimate of drug-likeness (QED) is 0.392. The third-order valence-corrected chi connectivity index (χ3v) is 5.06. The lowest BCUT2D eigenvalue weighted by molar-refractivity contribution is 1.31. The smallest absolute Gasteiger partial charge is 0.154 e. The fourth-order valence-corrected chi connectivity index (χ4v) is 3.59. The maximum atomic E-state index is 6.49. The fourth-order valence-electron chi connectivity index (χ4n) is 3.59. The van der Waals surface area contributed by atoms with E-state index in [1.165, 1.54) is 21.5 Å². The zero-order valence-electron chi connectivity index (χ0n) is 15.3. The van der Waals surface area contributed by atoms with Gasteiger partial charge in [0.05, 0.1) is 5.69 Å². The molecule has 5 aromatic rings. The molecular formula is C25H19N3. The van der Waals surface area contributed by atoms with Gasteiger partial charge in [-0.3, -0.25) is 0 Å². The van der Waals surface area contributed by atoms with Gasteiger partial charge in [-0.2, -0.15) is 0 Å². The summed E-state index contributed by atoms with van der Waals surface area (Å²) in [5, 5.41) is 8.17. The summed E-state index contributed by atoms with van der Waals surface area (Å²) in [5.41, 5.74) is 10.2. The van der Waals surface area contributed by atoms with E-state index in [1.807, 2.05) is 30.3 Å². The molecule has 3 nitrogen and oxygen atoms in total. The lowest BCUT2D eigenvalue weighted by Gasteiger charge is -2.13. The molecule has 0 spiro atoms. The van der Waals surface area contributed by atoms with Crippen LogP contribution in [0.5, 0.6) is 0 Å². The predicted octanol–water partition coefficient (Wildman–Crippen LogP) is 6.38. The Kier molecular flexibility index (Phi) is 3.91. The summed E-state index contributed by atoms with van der Waals surface area (Å²) in [6.45, 7) is 0. The van der Waals surface area contributed by atoms with Crippen LogP contribution in [0.3, 0.4) is 0 Å². The van der Waals surface area contributed by atoms with Crippen LogP contribution in [0.25, 0.3) is 32.7 Å². The largest absolute Gasteiger partial charge is 0.395 e. The lowest BCUT2D eigenvalue weighted by Crippen LogP contribution is -2.01. The molecule has 0 saturated heterocycles. The molecule has 0 unspecified atom stereocenters. The third-order valence-electron chi connectivity index (χ3n) is 5.06. The molecule has 0 aliphatic heterocycles. The maximum absolute atomic E-state index is 6.49. The van der Waals surface area contributed by atoms with Gasteiger partial charge in [-0.05, 0) is 51.4 Å². The number of aromatic nitrogens is 1. The molecule has 134 valence electrons. The average molecular weight is 361 g/mol. The first-order chi connectivity index (χ1) is 13.8. The van der Waals surface area contributed by atoms with E-state index >= 15 is 0 Å². The molecular weight excluding hydrogens is 342 g/mol. The van der Waals surface area contributed by atoms with E-state index in [0.717, 1.165) is 16.8 Å². The summed E-state index contributed by atoms with van der Waals surface area (Å²) in [5.74, 6) is 0.668. The number of hydrogen-bond acceptors (Lipinski definition) is 3. The molecule has 0 saturated carbocycles. The number of nitrogens with zero attached hydrogens (tertiary/aromatic N) is 1. The van der Waals surface area contributed by atoms with Crippen LogP contribution in [0.2, 0.25) is 0 Å². The van der Waals surface area contributed by atoms with Gasteiger partial charge in [0.15, 0.2) is 5.82 Å². The summed E-state index contributed by atoms with van der Waals surface area (Å²) >= 11 is 0. The van der Waals surface area contributed by atoms with Crippen molar-refractivity contribution in [2.24, 2.45) is 0 Å². The van der Waals surface area contributed by atoms with Crippen molar-refractivity contribution in [3.05, 3.63) is 97.2 Å². The van der Waals surface area contributed by atoms with E-state index in [9.17, 15) is 0 Å². The monoisotopic (exact) mass is 361 g/mol. The van der Waals surface area contributed by atoms with E-state index in [0.29, 0.717) is 11.5 Å². The van der Waals surface area contributed by atoms with Crippen molar-refractivity contribution in [2.75, 3.05) is 11.1 Å². The molecule has 3 heteroatoms. The Morgan fingerprint density at radius 1 is 0.643 bits per heavy atom. The normalized spacial score (nSPS) is 11.0. The van der Waals surface area contributed by atoms with Crippen LogP contribution in [-0.2, 0) is 0 Å². The minimum atomic E-state index is 0.644. The topological polar surface area (TPSA) is 50.9 Å². The summed E-state index contributed by atoms with van der Waals surface area (Å²) in [6, 6.07) is 31.2. The number of fused-ring (bicyclic) bond motifs is 2. The van der Waals surface area contributed by atoms with Crippen LogP contribution in [0.4, 0.5) is 17.2 Å². The Morgan fingerprint density at radius 3 is 2.04 bits per heavy atom. The Morgan fingerprint density at radius 2 is 1.29 bits per heavy atom. The first-order valence-electron chi connectivity index (χ1n) is 9.27. The Bertz CT molecular complexity index is 1310. The first kappa shape index (κ1) is 16.3. The highest BCUT2D eigenvalue weighted by Gasteiger charge is 2.10. The second-order valence-electron chi connectivity index (χ2n) is 6.87. The molecule has 3 N–H and O–H groups in total. The minimum Gasteiger partial charge on any atom is -0.395 e. The maximum Gasteiger partial charge on any atom is 0.154 e. The number of nitrogen functional groups attached to an aromatic ring is 1. The molecule has 28 heavy (non-hydrogen) atoms. The molecule has 0 aliphatic rings. The number of nitrogens with two attached hydrogens (primary N) is 1. The number of pyridine rings is 1. The van der Waals surface area contributed by atoms with Gasteiger partial charge in [0, 0.05) is 17.4 Å². The van der Waals surface area contributed by atoms with Gasteiger partial charge in [-0.15, -0.1) is 0 Å². The summed E-state index contributed by atoms with van der Waals surface area (Å²) in [6.07, 6.45) is 1.80. The van der Waals surface area contributed by atoms with Crippen LogP contribution in [0, 0.1) is 0 Å². The molecule has 1 heterocycles. The second-order valence-corrected chi connectivity index (χ2v) is 6.87. The molecule has 4 aromatic carbocycles. The summed E-state index contributed by atoms with van der Waals surface area (Å²) in [7, 11) is 0. The highest BCUT2D eigenvalue weighted by molar-refractivity contribution is 5.92. The van der Waals surface area contributed by atoms with Gasteiger partial charge in [0.2, 0.25) is 0 Å². The molecule has 0 bridgehead atoms. The van der Waals surface area contributed by atoms with Crippen molar-refractivity contribution in [3.63, 3.8) is 0 Å². The standard InChI is InChI=1S/C25H19N3/c26-24-23(21-10-9-17-5-1-3-7-19(17)15-21)13-14-27-25(24)28-22-12-11-18-6-2-4-8-20(18)16-22/h1-16H,26H2,(H,27,28). The van der Waals surface area contributed by atoms with Crippen LogP contribution in [-0.4, -0.2) is 4.98 Å². The van der Waals surface area contributed by atoms with E-state index in [-0.39, 0.29) is 0 Å². The number of rotatable bonds is 3. The highest BCUT2D eigenvalue weighted by atomic mass is 15.0. The van der Waals surface area contributed by atoms with Crippen molar-refractivity contribution in [1.29, 1.82) is 0 Å². The van der Waals surface area contributed by atoms with Crippen LogP contribution < -0.4 is 11.1 Å². The molecule has 0 atom stereocenters. The minimum absolute atomic E-state index is 0.644. The van der Waals surface area contributed by atoms with Crippen molar-refractivity contribution >= 4 is 38.7 Å². The van der Waals surface area contributed by atoms with Gasteiger partial charge < -0.3 is 11.1 Å². The van der Waals surface area contributed by atoms with Crippen molar-refractivity contribution < 1.29 is 0 Å². The van der Waals surface area contributed by atoms with E-state index in [4.69, 9.17) is 5.73 Å². The van der Waals surface area contributed by atoms with Gasteiger partial charge >= 0.3 is 0 Å². The molecule has 0 aliphatic carbocycles. The molecule has 0 amide bonds. The summed E-state index contributed by atoms with van der Waals surface area (Å²) < 4.78 is 0. The SMILES string of the molecule is Nc1c(-c2ccc3ccccc3c2)ccnc1Nc1ccc2ccccc2c1. The average Bonchev–Trinajstić information content (AvgIpc) is 2.75. The van der Waals surface area contributed by atoms with Crippen molar-refractivity contribution in [1.82, 2.24) is 4.98 Å². The molecule has 0 fully saturated rings. The number of hydrogen-bond donors (Lipinski definition) is 2. The van der Waals surface area contributed by atoms with E-state index in [1.54, 1.807) is 6.20 Å². The zero-order chi connectivity index (χ0) is 18.9. The Labute approximate surface area is 163 Å². The van der Waals surface area contributed by atoms with Crippen molar-refractivity contribution in [2.45, 2.75) is 0 Å². The summed E-state index contributed by atoms with van der Waals surface area (Å²) in [4.78, 5) is 4.47. The fraction of sp³-hybridized carbons (Fsp3) is 0. The van der Waals surface area contributed by atoms with Gasteiger partial charge in [0.25, 0.3) is 0 Å². The van der Waals surface area contributed by atoms with Gasteiger partial charge in [0.1, 0.15) is 0 Å². The van der Waals surface area contributed by atoms with Crippen LogP contribution >= 0.6 is 0 Å². The lowest BCUT2D eigenvalue weighted by atomic mass is 10.0. The van der Waals surface area contributed by atoms with E-state index < -0.39 is 0 Å². The second kappa shape index (κ2) is 6.71. The third kappa shape index (κ3) is 2.93.